The van der Waals surface area contributed by atoms with Crippen LogP contribution in [0.15, 0.2) is 36.5 Å². The predicted molar refractivity (Wildman–Crippen MR) is 88.1 cm³/mol. The molecule has 0 spiro atoms. The second-order valence-corrected chi connectivity index (χ2v) is 6.72. The maximum atomic E-state index is 13.5. The lowest BCUT2D eigenvalue weighted by atomic mass is 10.0. The van der Waals surface area contributed by atoms with Gasteiger partial charge in [-0.2, -0.15) is 13.2 Å². The van der Waals surface area contributed by atoms with Crippen molar-refractivity contribution >= 4 is 17.6 Å². The normalized spacial score (nSPS) is 16.8. The molecule has 0 N–H and O–H groups in total. The van der Waals surface area contributed by atoms with Crippen LogP contribution in [0.1, 0.15) is 25.1 Å². The molecular weight excluding hydrogens is 385 g/mol. The number of hydrogen-bond acceptors (Lipinski definition) is 3. The van der Waals surface area contributed by atoms with Crippen LogP contribution in [-0.4, -0.2) is 27.4 Å². The molecule has 0 radical (unpaired) electrons. The first-order chi connectivity index (χ1) is 12.9. The summed E-state index contributed by atoms with van der Waals surface area (Å²) in [6.45, 7) is 2.71. The van der Waals surface area contributed by atoms with E-state index in [1.165, 1.54) is 13.8 Å². The summed E-state index contributed by atoms with van der Waals surface area (Å²) in [5.41, 5.74) is -2.31. The molecule has 1 aromatic heterocycles. The molecule has 1 saturated heterocycles. The van der Waals surface area contributed by atoms with Crippen molar-refractivity contribution in [2.24, 2.45) is 0 Å². The van der Waals surface area contributed by atoms with Crippen LogP contribution in [-0.2, 0) is 17.5 Å². The molecule has 148 valence electrons. The van der Waals surface area contributed by atoms with Gasteiger partial charge in [0.1, 0.15) is 11.2 Å². The van der Waals surface area contributed by atoms with Gasteiger partial charge in [-0.1, -0.05) is 6.07 Å². The highest BCUT2D eigenvalue weighted by atomic mass is 19.4. The minimum Gasteiger partial charge on any atom is -0.305 e. The Kier molecular flexibility index (Phi) is 4.60. The number of amides is 3. The first kappa shape index (κ1) is 19.7. The number of imide groups is 1. The van der Waals surface area contributed by atoms with Crippen molar-refractivity contribution < 1.29 is 31.5 Å². The molecule has 0 saturated carbocycles. The van der Waals surface area contributed by atoms with E-state index in [0.717, 1.165) is 41.4 Å². The standard InChI is InChI=1S/C18H14F5N3O2/c1-17(2)15(27)26(11-4-5-12(19)13(20)7-11)16(28)25(17)9-10-3-6-14(24-8-10)18(21,22)23/h3-8H,9H2,1-2H3. The number of carbonyl (C=O) groups excluding carboxylic acids is 2. The average Bonchev–Trinajstić information content (AvgIpc) is 2.77. The van der Waals surface area contributed by atoms with Gasteiger partial charge in [0.2, 0.25) is 0 Å². The van der Waals surface area contributed by atoms with Gasteiger partial charge in [-0.25, -0.2) is 18.5 Å². The Labute approximate surface area is 156 Å². The summed E-state index contributed by atoms with van der Waals surface area (Å²) in [6.07, 6.45) is -3.63. The molecule has 0 aliphatic carbocycles. The minimum absolute atomic E-state index is 0.144. The number of anilines is 1. The molecule has 10 heteroatoms. The number of nitrogens with zero attached hydrogens (tertiary/aromatic N) is 3. The van der Waals surface area contributed by atoms with Crippen LogP contribution >= 0.6 is 0 Å². The molecule has 0 atom stereocenters. The van der Waals surface area contributed by atoms with Gasteiger partial charge < -0.3 is 4.90 Å². The molecule has 1 aliphatic heterocycles. The summed E-state index contributed by atoms with van der Waals surface area (Å²) in [4.78, 5) is 30.6. The summed E-state index contributed by atoms with van der Waals surface area (Å²) in [5, 5.41) is 0. The molecule has 0 unspecified atom stereocenters. The zero-order valence-corrected chi connectivity index (χ0v) is 14.7. The highest BCUT2D eigenvalue weighted by molar-refractivity contribution is 6.22. The van der Waals surface area contributed by atoms with Crippen LogP contribution in [0, 0.1) is 11.6 Å². The maximum Gasteiger partial charge on any atom is 0.433 e. The zero-order valence-electron chi connectivity index (χ0n) is 14.7. The monoisotopic (exact) mass is 399 g/mol. The van der Waals surface area contributed by atoms with Gasteiger partial charge in [0.25, 0.3) is 5.91 Å². The van der Waals surface area contributed by atoms with E-state index >= 15 is 0 Å². The number of alkyl halides is 3. The highest BCUT2D eigenvalue weighted by Crippen LogP contribution is 2.34. The largest absolute Gasteiger partial charge is 0.433 e. The smallest absolute Gasteiger partial charge is 0.305 e. The molecule has 1 aliphatic rings. The summed E-state index contributed by atoms with van der Waals surface area (Å²) >= 11 is 0. The van der Waals surface area contributed by atoms with Gasteiger partial charge in [-0.3, -0.25) is 9.78 Å². The van der Waals surface area contributed by atoms with Gasteiger partial charge in [-0.05, 0) is 37.6 Å². The highest BCUT2D eigenvalue weighted by Gasteiger charge is 2.51. The van der Waals surface area contributed by atoms with Gasteiger partial charge in [0, 0.05) is 12.3 Å². The Balaban J connectivity index is 1.90. The molecule has 5 nitrogen and oxygen atoms in total. The fourth-order valence-corrected chi connectivity index (χ4v) is 2.82. The third kappa shape index (κ3) is 3.30. The van der Waals surface area contributed by atoms with Crippen LogP contribution < -0.4 is 4.90 Å². The lowest BCUT2D eigenvalue weighted by molar-refractivity contribution is -0.141. The fraction of sp³-hybridized carbons (Fsp3) is 0.278. The number of rotatable bonds is 3. The molecule has 0 bridgehead atoms. The van der Waals surface area contributed by atoms with Crippen molar-refractivity contribution in [3.8, 4) is 0 Å². The van der Waals surface area contributed by atoms with Crippen LogP contribution in [0.25, 0.3) is 0 Å². The van der Waals surface area contributed by atoms with Crippen molar-refractivity contribution in [3.63, 3.8) is 0 Å². The van der Waals surface area contributed by atoms with Gasteiger partial charge in [-0.15, -0.1) is 0 Å². The van der Waals surface area contributed by atoms with Gasteiger partial charge in [0.15, 0.2) is 11.6 Å². The molecular formula is C18H14F5N3O2. The SMILES string of the molecule is CC1(C)C(=O)N(c2ccc(F)c(F)c2)C(=O)N1Cc1ccc(C(F)(F)F)nc1. The summed E-state index contributed by atoms with van der Waals surface area (Å²) < 4.78 is 64.5. The first-order valence-electron chi connectivity index (χ1n) is 8.06. The molecule has 3 amide bonds. The number of hydrogen-bond donors (Lipinski definition) is 0. The van der Waals surface area contributed by atoms with Crippen molar-refractivity contribution in [2.45, 2.75) is 32.1 Å². The second kappa shape index (κ2) is 6.54. The van der Waals surface area contributed by atoms with E-state index in [0.29, 0.717) is 4.90 Å². The van der Waals surface area contributed by atoms with E-state index in [9.17, 15) is 31.5 Å². The quantitative estimate of drug-likeness (QED) is 0.576. The summed E-state index contributed by atoms with van der Waals surface area (Å²) in [7, 11) is 0. The lowest BCUT2D eigenvalue weighted by Gasteiger charge is -2.27. The zero-order chi connectivity index (χ0) is 20.9. The number of carbonyl (C=O) groups is 2. The Morgan fingerprint density at radius 2 is 1.71 bits per heavy atom. The number of pyridine rings is 1. The summed E-state index contributed by atoms with van der Waals surface area (Å²) in [6, 6.07) is 3.74. The van der Waals surface area contributed by atoms with Crippen LogP contribution in [0.4, 0.5) is 32.4 Å². The predicted octanol–water partition coefficient (Wildman–Crippen LogP) is 4.13. The Hall–Kier alpha value is -3.04. The average molecular weight is 399 g/mol. The van der Waals surface area contributed by atoms with Crippen molar-refractivity contribution in [1.29, 1.82) is 0 Å². The third-order valence-corrected chi connectivity index (χ3v) is 4.44. The van der Waals surface area contributed by atoms with Gasteiger partial charge >= 0.3 is 12.2 Å². The van der Waals surface area contributed by atoms with E-state index < -0.39 is 41.0 Å². The molecule has 28 heavy (non-hydrogen) atoms. The number of urea groups is 1. The lowest BCUT2D eigenvalue weighted by Crippen LogP contribution is -2.43. The van der Waals surface area contributed by atoms with Crippen LogP contribution in [0.5, 0.6) is 0 Å². The fourth-order valence-electron chi connectivity index (χ4n) is 2.82. The van der Waals surface area contributed by atoms with Gasteiger partial charge in [0.05, 0.1) is 12.2 Å². The summed E-state index contributed by atoms with van der Waals surface area (Å²) in [5.74, 6) is -3.03. The molecule has 3 rings (SSSR count). The maximum absolute atomic E-state index is 13.5. The Morgan fingerprint density at radius 3 is 2.25 bits per heavy atom. The van der Waals surface area contributed by atoms with Crippen LogP contribution in [0.3, 0.4) is 0 Å². The van der Waals surface area contributed by atoms with E-state index in [4.69, 9.17) is 0 Å². The molecule has 1 fully saturated rings. The van der Waals surface area contributed by atoms with Crippen molar-refractivity contribution in [2.75, 3.05) is 4.90 Å². The van der Waals surface area contributed by atoms with Crippen molar-refractivity contribution in [1.82, 2.24) is 9.88 Å². The van der Waals surface area contributed by atoms with Crippen molar-refractivity contribution in [3.05, 3.63) is 59.4 Å². The minimum atomic E-state index is -4.60. The molecule has 2 heterocycles. The number of benzene rings is 1. The molecule has 1 aromatic carbocycles. The first-order valence-corrected chi connectivity index (χ1v) is 8.06. The Morgan fingerprint density at radius 1 is 1.04 bits per heavy atom. The van der Waals surface area contributed by atoms with E-state index in [-0.39, 0.29) is 17.8 Å². The molecule has 2 aromatic rings. The number of halogens is 5. The van der Waals surface area contributed by atoms with E-state index in [1.807, 2.05) is 0 Å². The van der Waals surface area contributed by atoms with Crippen LogP contribution in [0.2, 0.25) is 0 Å². The number of aromatic nitrogens is 1. The Bertz CT molecular complexity index is 941. The second-order valence-electron chi connectivity index (χ2n) is 6.72. The third-order valence-electron chi connectivity index (χ3n) is 4.44. The topological polar surface area (TPSA) is 53.5 Å². The van der Waals surface area contributed by atoms with E-state index in [2.05, 4.69) is 4.98 Å². The van der Waals surface area contributed by atoms with E-state index in [1.54, 1.807) is 0 Å².